The molecule has 0 spiro atoms. The van der Waals surface area contributed by atoms with Gasteiger partial charge >= 0.3 is 39.3 Å². The third-order valence-corrected chi connectivity index (χ3v) is 0. The summed E-state index contributed by atoms with van der Waals surface area (Å²) in [5.74, 6) is 0. The maximum atomic E-state index is 9.22. The monoisotopic (exact) mass is 265 g/mol. The molecule has 0 aromatic rings. The van der Waals surface area contributed by atoms with Gasteiger partial charge in [0.25, 0.3) is 0 Å². The topological polar surface area (TPSA) is 54.4 Å². The predicted molar refractivity (Wildman–Crippen MR) is 11.5 cm³/mol. The van der Waals surface area contributed by atoms with E-state index in [1.807, 2.05) is 0 Å². The summed E-state index contributed by atoms with van der Waals surface area (Å²) in [4.78, 5) is 0. The van der Waals surface area contributed by atoms with Gasteiger partial charge in [-0.2, -0.15) is 0 Å². The van der Waals surface area contributed by atoms with E-state index in [2.05, 4.69) is 0 Å². The summed E-state index contributed by atoms with van der Waals surface area (Å²) in [6.45, 7) is 0. The van der Waals surface area contributed by atoms with E-state index in [1.54, 1.807) is 0 Å². The van der Waals surface area contributed by atoms with Crippen molar-refractivity contribution in [3.8, 4) is 0 Å². The molecule has 1 N–H and O–H groups in total. The number of hydrogen-bond donors (Lipinski definition) is 1. The minimum absolute atomic E-state index is 0.187. The van der Waals surface area contributed by atoms with Gasteiger partial charge in [0.05, 0.1) is 0 Å². The van der Waals surface area contributed by atoms with Gasteiger partial charge in [-0.15, -0.1) is 0 Å². The summed E-state index contributed by atoms with van der Waals surface area (Å²) >= 11 is 0.187. The standard InChI is InChI=1S/HO3S.W/c1-4(2)3;/h(H,1,2,3);. The Morgan fingerprint density at radius 3 is 1.60 bits per heavy atom. The summed E-state index contributed by atoms with van der Waals surface area (Å²) in [6, 6.07) is 0. The Morgan fingerprint density at radius 1 is 1.60 bits per heavy atom. The summed E-state index contributed by atoms with van der Waals surface area (Å²) in [5, 5.41) is 0. The maximum absolute atomic E-state index is 9.22. The first kappa shape index (κ1) is 5.60. The molecule has 0 aromatic heterocycles. The molecule has 0 radical (unpaired) electrons. The van der Waals surface area contributed by atoms with Crippen molar-refractivity contribution in [3.05, 3.63) is 0 Å². The van der Waals surface area contributed by atoms with Gasteiger partial charge in [0.1, 0.15) is 0 Å². The van der Waals surface area contributed by atoms with Crippen LogP contribution >= 0.6 is 0 Å². The van der Waals surface area contributed by atoms with E-state index in [-0.39, 0.29) is 18.5 Å². The average Bonchev–Trinajstić information content (AvgIpc) is 0.722. The van der Waals surface area contributed by atoms with Crippen molar-refractivity contribution < 1.29 is 31.5 Å². The Hall–Kier alpha value is 0.598. The van der Waals surface area contributed by atoms with Crippen molar-refractivity contribution in [1.29, 1.82) is 0 Å². The Morgan fingerprint density at radius 2 is 1.60 bits per heavy atom. The Bertz CT molecular complexity index is 90.1. The fourth-order valence-corrected chi connectivity index (χ4v) is 0. The molecule has 0 aromatic carbocycles. The van der Waals surface area contributed by atoms with E-state index in [4.69, 9.17) is 4.55 Å². The molecular formula is HO3SW. The molecule has 0 unspecified atom stereocenters. The Balaban J connectivity index is 4.06. The van der Waals surface area contributed by atoms with Crippen molar-refractivity contribution in [2.75, 3.05) is 0 Å². The van der Waals surface area contributed by atoms with Gasteiger partial charge in [-0.1, -0.05) is 0 Å². The van der Waals surface area contributed by atoms with Crippen molar-refractivity contribution >= 4 is 7.82 Å². The zero-order valence-corrected chi connectivity index (χ0v) is 5.83. The second-order valence-electron chi connectivity index (χ2n) is 0.428. The summed E-state index contributed by atoms with van der Waals surface area (Å²) in [7, 11) is -3.58. The molecule has 0 rings (SSSR count). The quantitative estimate of drug-likeness (QED) is 0.591. The first-order valence-electron chi connectivity index (χ1n) is 0.683. The molecule has 0 amide bonds. The first-order valence-corrected chi connectivity index (χ1v) is 5.64. The van der Waals surface area contributed by atoms with Crippen LogP contribution in [0.2, 0.25) is 0 Å². The van der Waals surface area contributed by atoms with Crippen LogP contribution in [0.5, 0.6) is 0 Å². The van der Waals surface area contributed by atoms with Gasteiger partial charge in [0.15, 0.2) is 0 Å². The molecule has 0 atom stereocenters. The van der Waals surface area contributed by atoms with Crippen LogP contribution in [0.1, 0.15) is 0 Å². The van der Waals surface area contributed by atoms with Crippen LogP contribution in [0.3, 0.4) is 0 Å². The first-order chi connectivity index (χ1) is 2.00. The fourth-order valence-electron chi connectivity index (χ4n) is 0. The van der Waals surface area contributed by atoms with E-state index in [0.717, 1.165) is 0 Å². The molecule has 0 aliphatic heterocycles. The van der Waals surface area contributed by atoms with Gasteiger partial charge in [-0.3, -0.25) is 0 Å². The van der Waals surface area contributed by atoms with Crippen LogP contribution in [0, 0.1) is 0 Å². The van der Waals surface area contributed by atoms with Crippen LogP contribution in [-0.4, -0.2) is 13.0 Å². The SMILES string of the molecule is O=[S](=O)(O)[W]. The summed E-state index contributed by atoms with van der Waals surface area (Å²) < 4.78 is 26.0. The molecule has 5 heavy (non-hydrogen) atoms. The van der Waals surface area contributed by atoms with Crippen LogP contribution in [0.15, 0.2) is 0 Å². The van der Waals surface area contributed by atoms with Crippen LogP contribution in [0.4, 0.5) is 0 Å². The molecule has 0 saturated carbocycles. The van der Waals surface area contributed by atoms with Crippen molar-refractivity contribution in [2.45, 2.75) is 0 Å². The molecule has 0 aliphatic carbocycles. The molecular weight excluding hydrogens is 264 g/mol. The zero-order valence-electron chi connectivity index (χ0n) is 2.08. The molecule has 3 nitrogen and oxygen atoms in total. The molecule has 31 valence electrons. The number of rotatable bonds is 0. The Labute approximate surface area is 39.7 Å². The summed E-state index contributed by atoms with van der Waals surface area (Å²) in [5.41, 5.74) is 0. The second kappa shape index (κ2) is 1.37. The predicted octanol–water partition coefficient (Wildman–Crippen LogP) is -0.664. The van der Waals surface area contributed by atoms with Crippen molar-refractivity contribution in [2.24, 2.45) is 0 Å². The van der Waals surface area contributed by atoms with Gasteiger partial charge in [-0.25, -0.2) is 0 Å². The zero-order chi connectivity index (χ0) is 4.50. The third-order valence-electron chi connectivity index (χ3n) is 0. The van der Waals surface area contributed by atoms with Gasteiger partial charge in [-0.05, 0) is 0 Å². The second-order valence-corrected chi connectivity index (χ2v) is 5.82. The van der Waals surface area contributed by atoms with E-state index >= 15 is 0 Å². The van der Waals surface area contributed by atoms with Crippen LogP contribution in [0.25, 0.3) is 0 Å². The third kappa shape index (κ3) is 86.7. The molecule has 0 saturated heterocycles. The van der Waals surface area contributed by atoms with E-state index < -0.39 is 7.82 Å². The molecule has 0 aliphatic rings. The van der Waals surface area contributed by atoms with E-state index in [1.165, 1.54) is 0 Å². The van der Waals surface area contributed by atoms with Crippen molar-refractivity contribution in [3.63, 3.8) is 0 Å². The van der Waals surface area contributed by atoms with Crippen molar-refractivity contribution in [1.82, 2.24) is 0 Å². The molecule has 0 fully saturated rings. The van der Waals surface area contributed by atoms with Gasteiger partial charge < -0.3 is 0 Å². The van der Waals surface area contributed by atoms with Gasteiger partial charge in [0, 0.05) is 0 Å². The van der Waals surface area contributed by atoms with Crippen LogP contribution < -0.4 is 0 Å². The van der Waals surface area contributed by atoms with E-state index in [0.29, 0.717) is 0 Å². The van der Waals surface area contributed by atoms with E-state index in [9.17, 15) is 8.42 Å². The average molecular weight is 265 g/mol. The van der Waals surface area contributed by atoms with Crippen LogP contribution in [-0.2, 0) is 26.4 Å². The number of hydrogen-bond acceptors (Lipinski definition) is 2. The fraction of sp³-hybridized carbons (Fsp3) is 0. The summed E-state index contributed by atoms with van der Waals surface area (Å²) in [6.07, 6.45) is 0. The molecule has 0 heterocycles. The molecule has 0 bridgehead atoms. The van der Waals surface area contributed by atoms with Gasteiger partial charge in [0.2, 0.25) is 0 Å². The molecule has 5 heteroatoms. The minimum atomic E-state index is -3.58. The Kier molecular flexibility index (Phi) is 1.53. The normalized spacial score (nSPS) is 11.4.